The Bertz CT molecular complexity index is 1350. The van der Waals surface area contributed by atoms with Gasteiger partial charge in [-0.05, 0) is 47.8 Å². The molecule has 0 radical (unpaired) electrons. The zero-order valence-corrected chi connectivity index (χ0v) is 17.4. The number of rotatable bonds is 5. The van der Waals surface area contributed by atoms with Crippen LogP contribution in [0, 0.1) is 0 Å². The van der Waals surface area contributed by atoms with E-state index in [-0.39, 0.29) is 0 Å². The predicted molar refractivity (Wildman–Crippen MR) is 129 cm³/mol. The molecule has 0 spiro atoms. The van der Waals surface area contributed by atoms with E-state index in [2.05, 4.69) is 109 Å². The van der Waals surface area contributed by atoms with Gasteiger partial charge in [0.25, 0.3) is 0 Å². The van der Waals surface area contributed by atoms with Crippen LogP contribution in [0.4, 0.5) is 5.69 Å². The second-order valence-corrected chi connectivity index (χ2v) is 7.99. The average Bonchev–Trinajstić information content (AvgIpc) is 2.78. The van der Waals surface area contributed by atoms with Gasteiger partial charge in [-0.2, -0.15) is 0 Å². The fourth-order valence-electron chi connectivity index (χ4n) is 4.14. The first-order valence-corrected chi connectivity index (χ1v) is 10.4. The van der Waals surface area contributed by atoms with Gasteiger partial charge < -0.3 is 10.2 Å². The maximum atomic E-state index is 5.03. The molecule has 0 aliphatic carbocycles. The van der Waals surface area contributed by atoms with Crippen LogP contribution in [-0.4, -0.2) is 37.1 Å². The Labute approximate surface area is 177 Å². The number of aromatic nitrogens is 1. The van der Waals surface area contributed by atoms with E-state index in [1.807, 2.05) is 0 Å². The standard InChI is InChI=1S/C27H25N3/c1-30(2)17-16-28-26-18-27(29-25-13-6-5-10-24(25)26)23-12-7-11-21-20-9-4-3-8-19(20)14-15-22(21)23/h3-15,18H,16-17H2,1-2H3,(H,28,29). The number of hydrogen-bond donors (Lipinski definition) is 1. The molecule has 0 saturated carbocycles. The summed E-state index contributed by atoms with van der Waals surface area (Å²) in [4.78, 5) is 7.22. The third kappa shape index (κ3) is 3.38. The van der Waals surface area contributed by atoms with Crippen molar-refractivity contribution in [2.24, 2.45) is 0 Å². The van der Waals surface area contributed by atoms with Crippen LogP contribution in [0.3, 0.4) is 0 Å². The van der Waals surface area contributed by atoms with Crippen LogP contribution in [-0.2, 0) is 0 Å². The monoisotopic (exact) mass is 391 g/mol. The summed E-state index contributed by atoms with van der Waals surface area (Å²) in [6.45, 7) is 1.87. The Hall–Kier alpha value is -3.43. The van der Waals surface area contributed by atoms with E-state index in [9.17, 15) is 0 Å². The van der Waals surface area contributed by atoms with Crippen LogP contribution < -0.4 is 5.32 Å². The van der Waals surface area contributed by atoms with E-state index >= 15 is 0 Å². The zero-order chi connectivity index (χ0) is 20.5. The molecule has 0 amide bonds. The number of likely N-dealkylation sites (N-methyl/N-ethyl adjacent to an activating group) is 1. The summed E-state index contributed by atoms with van der Waals surface area (Å²) in [5.41, 5.74) is 4.32. The fourth-order valence-corrected chi connectivity index (χ4v) is 4.14. The maximum Gasteiger partial charge on any atom is 0.0736 e. The summed E-state index contributed by atoms with van der Waals surface area (Å²) in [7, 11) is 4.19. The number of hydrogen-bond acceptors (Lipinski definition) is 3. The lowest BCUT2D eigenvalue weighted by Gasteiger charge is -2.15. The molecule has 30 heavy (non-hydrogen) atoms. The van der Waals surface area contributed by atoms with Gasteiger partial charge in [-0.25, -0.2) is 4.98 Å². The molecule has 0 saturated heterocycles. The van der Waals surface area contributed by atoms with Crippen molar-refractivity contribution in [2.45, 2.75) is 0 Å². The highest BCUT2D eigenvalue weighted by Crippen LogP contribution is 2.35. The van der Waals surface area contributed by atoms with Crippen molar-refractivity contribution in [3.05, 3.63) is 84.9 Å². The summed E-state index contributed by atoms with van der Waals surface area (Å²) >= 11 is 0. The Morgan fingerprint density at radius 1 is 0.733 bits per heavy atom. The topological polar surface area (TPSA) is 28.2 Å². The number of nitrogens with zero attached hydrogens (tertiary/aromatic N) is 2. The van der Waals surface area contributed by atoms with Crippen LogP contribution in [0.2, 0.25) is 0 Å². The third-order valence-corrected chi connectivity index (χ3v) is 5.65. The van der Waals surface area contributed by atoms with Gasteiger partial charge in [0.05, 0.1) is 11.2 Å². The SMILES string of the molecule is CN(C)CCNc1cc(-c2cccc3c2ccc2ccccc23)nc2ccccc12. The highest BCUT2D eigenvalue weighted by atomic mass is 15.1. The number of pyridine rings is 1. The van der Waals surface area contributed by atoms with Crippen molar-refractivity contribution < 1.29 is 0 Å². The summed E-state index contributed by atoms with van der Waals surface area (Å²) in [6, 6.07) is 30.1. The number of anilines is 1. The van der Waals surface area contributed by atoms with Gasteiger partial charge >= 0.3 is 0 Å². The van der Waals surface area contributed by atoms with E-state index in [0.717, 1.165) is 35.4 Å². The second kappa shape index (κ2) is 7.77. The average molecular weight is 392 g/mol. The van der Waals surface area contributed by atoms with Gasteiger partial charge in [0.15, 0.2) is 0 Å². The molecule has 0 fully saturated rings. The number of nitrogens with one attached hydrogen (secondary N) is 1. The summed E-state index contributed by atoms with van der Waals surface area (Å²) in [5.74, 6) is 0. The van der Waals surface area contributed by atoms with Gasteiger partial charge in [-0.3, -0.25) is 0 Å². The summed E-state index contributed by atoms with van der Waals surface area (Å²) in [5, 5.41) is 9.83. The molecule has 0 aliphatic heterocycles. The number of para-hydroxylation sites is 1. The first kappa shape index (κ1) is 18.6. The van der Waals surface area contributed by atoms with Crippen LogP contribution in [0.5, 0.6) is 0 Å². The molecular weight excluding hydrogens is 366 g/mol. The molecule has 1 aromatic heterocycles. The molecule has 148 valence electrons. The highest BCUT2D eigenvalue weighted by molar-refractivity contribution is 6.12. The Balaban J connectivity index is 1.69. The predicted octanol–water partition coefficient (Wildman–Crippen LogP) is 6.18. The lowest BCUT2D eigenvalue weighted by Crippen LogP contribution is -2.20. The van der Waals surface area contributed by atoms with Crippen LogP contribution in [0.15, 0.2) is 84.9 Å². The molecule has 1 heterocycles. The smallest absolute Gasteiger partial charge is 0.0736 e. The largest absolute Gasteiger partial charge is 0.383 e. The lowest BCUT2D eigenvalue weighted by molar-refractivity contribution is 0.425. The minimum absolute atomic E-state index is 0.890. The normalized spacial score (nSPS) is 11.6. The first-order valence-electron chi connectivity index (χ1n) is 10.4. The van der Waals surface area contributed by atoms with Gasteiger partial charge in [-0.1, -0.05) is 72.8 Å². The van der Waals surface area contributed by atoms with E-state index < -0.39 is 0 Å². The number of fused-ring (bicyclic) bond motifs is 4. The van der Waals surface area contributed by atoms with Gasteiger partial charge in [-0.15, -0.1) is 0 Å². The van der Waals surface area contributed by atoms with Crippen molar-refractivity contribution in [3.63, 3.8) is 0 Å². The van der Waals surface area contributed by atoms with Gasteiger partial charge in [0.2, 0.25) is 0 Å². The molecule has 0 unspecified atom stereocenters. The summed E-state index contributed by atoms with van der Waals surface area (Å²) in [6.07, 6.45) is 0. The minimum Gasteiger partial charge on any atom is -0.383 e. The summed E-state index contributed by atoms with van der Waals surface area (Å²) < 4.78 is 0. The molecule has 3 nitrogen and oxygen atoms in total. The fraction of sp³-hybridized carbons (Fsp3) is 0.148. The van der Waals surface area contributed by atoms with Crippen LogP contribution in [0.1, 0.15) is 0 Å². The van der Waals surface area contributed by atoms with Gasteiger partial charge in [0.1, 0.15) is 0 Å². The lowest BCUT2D eigenvalue weighted by atomic mass is 9.96. The maximum absolute atomic E-state index is 5.03. The van der Waals surface area contributed by atoms with Gasteiger partial charge in [0, 0.05) is 29.7 Å². The second-order valence-electron chi connectivity index (χ2n) is 7.99. The van der Waals surface area contributed by atoms with Crippen LogP contribution >= 0.6 is 0 Å². The van der Waals surface area contributed by atoms with Crippen molar-refractivity contribution in [3.8, 4) is 11.3 Å². The molecule has 5 aromatic rings. The van der Waals surface area contributed by atoms with Crippen molar-refractivity contribution in [1.82, 2.24) is 9.88 Å². The van der Waals surface area contributed by atoms with Crippen LogP contribution in [0.25, 0.3) is 43.7 Å². The number of benzene rings is 4. The molecule has 5 rings (SSSR count). The van der Waals surface area contributed by atoms with E-state index in [1.54, 1.807) is 0 Å². The molecule has 3 heteroatoms. The molecule has 4 aromatic carbocycles. The van der Waals surface area contributed by atoms with Crippen molar-refractivity contribution in [2.75, 3.05) is 32.5 Å². The third-order valence-electron chi connectivity index (χ3n) is 5.65. The van der Waals surface area contributed by atoms with Crippen molar-refractivity contribution in [1.29, 1.82) is 0 Å². The molecule has 1 N–H and O–H groups in total. The van der Waals surface area contributed by atoms with E-state index in [1.165, 1.54) is 27.1 Å². The minimum atomic E-state index is 0.890. The zero-order valence-electron chi connectivity index (χ0n) is 17.4. The quantitative estimate of drug-likeness (QED) is 0.363. The molecule has 0 aliphatic rings. The molecular formula is C27H25N3. The Morgan fingerprint density at radius 2 is 1.50 bits per heavy atom. The highest BCUT2D eigenvalue weighted by Gasteiger charge is 2.11. The van der Waals surface area contributed by atoms with Crippen molar-refractivity contribution >= 4 is 38.1 Å². The Kier molecular flexibility index (Phi) is 4.82. The Morgan fingerprint density at radius 3 is 2.37 bits per heavy atom. The van der Waals surface area contributed by atoms with E-state index in [0.29, 0.717) is 0 Å². The van der Waals surface area contributed by atoms with E-state index in [4.69, 9.17) is 4.98 Å². The first-order chi connectivity index (χ1) is 14.7. The molecule has 0 bridgehead atoms. The molecule has 0 atom stereocenters.